The van der Waals surface area contributed by atoms with E-state index in [4.69, 9.17) is 0 Å². The van der Waals surface area contributed by atoms with Gasteiger partial charge in [0.15, 0.2) is 12.1 Å². The molecule has 2 aromatic rings. The number of carbonyl (C=O) groups is 3. The standard InChI is InChI=1S/C20H18FN5O3/c1-2-12-3-7-14(8-4-12)22-16(27)11-25-18-17(23-24-25)19(28)26(20(18)29)15-9-5-13(21)6-10-15/h3-10,17-18H,2,11H2,1H3,(H,22,27)/t17-,18-/m1/s1. The summed E-state index contributed by atoms with van der Waals surface area (Å²) in [5.41, 5.74) is 2.03. The maximum absolute atomic E-state index is 13.2. The van der Waals surface area contributed by atoms with Crippen molar-refractivity contribution < 1.29 is 18.8 Å². The molecule has 1 fully saturated rings. The molecule has 9 heteroatoms. The maximum Gasteiger partial charge on any atom is 0.263 e. The Morgan fingerprint density at radius 1 is 1.07 bits per heavy atom. The van der Waals surface area contributed by atoms with Gasteiger partial charge in [-0.2, -0.15) is 5.11 Å². The van der Waals surface area contributed by atoms with Gasteiger partial charge in [0.2, 0.25) is 5.91 Å². The summed E-state index contributed by atoms with van der Waals surface area (Å²) in [4.78, 5) is 38.8. The number of fused-ring (bicyclic) bond motifs is 1. The average Bonchev–Trinajstić information content (AvgIpc) is 3.23. The van der Waals surface area contributed by atoms with E-state index in [2.05, 4.69) is 15.7 Å². The third-order valence-corrected chi connectivity index (χ3v) is 4.89. The molecule has 2 aliphatic rings. The molecule has 29 heavy (non-hydrogen) atoms. The van der Waals surface area contributed by atoms with E-state index in [9.17, 15) is 18.8 Å². The normalized spacial score (nSPS) is 20.3. The van der Waals surface area contributed by atoms with E-state index >= 15 is 0 Å². The number of nitrogens with zero attached hydrogens (tertiary/aromatic N) is 4. The van der Waals surface area contributed by atoms with Crippen LogP contribution in [0.2, 0.25) is 0 Å². The first kappa shape index (κ1) is 18.7. The highest BCUT2D eigenvalue weighted by Gasteiger charge is 2.55. The van der Waals surface area contributed by atoms with Crippen LogP contribution in [0, 0.1) is 5.82 Å². The molecule has 2 heterocycles. The van der Waals surface area contributed by atoms with Crippen molar-refractivity contribution in [3.8, 4) is 0 Å². The Kier molecular flexibility index (Phi) is 4.79. The van der Waals surface area contributed by atoms with E-state index in [1.165, 1.54) is 29.3 Å². The summed E-state index contributed by atoms with van der Waals surface area (Å²) in [5.74, 6) is -1.95. The molecule has 8 nitrogen and oxygen atoms in total. The van der Waals surface area contributed by atoms with Crippen LogP contribution in [0.1, 0.15) is 12.5 Å². The fourth-order valence-electron chi connectivity index (χ4n) is 3.37. The summed E-state index contributed by atoms with van der Waals surface area (Å²) in [6, 6.07) is 10.5. The zero-order chi connectivity index (χ0) is 20.5. The molecule has 3 amide bonds. The van der Waals surface area contributed by atoms with Crippen LogP contribution in [-0.2, 0) is 20.8 Å². The molecule has 4 rings (SSSR count). The second-order valence-corrected chi connectivity index (χ2v) is 6.78. The van der Waals surface area contributed by atoms with Crippen molar-refractivity contribution in [2.24, 2.45) is 10.3 Å². The number of anilines is 2. The molecule has 0 aliphatic carbocycles. The fraction of sp³-hybridized carbons (Fsp3) is 0.250. The molecular weight excluding hydrogens is 377 g/mol. The second kappa shape index (κ2) is 7.42. The van der Waals surface area contributed by atoms with Gasteiger partial charge in [-0.15, -0.1) is 0 Å². The lowest BCUT2D eigenvalue weighted by Gasteiger charge is -2.20. The molecule has 0 radical (unpaired) electrons. The first-order chi connectivity index (χ1) is 14.0. The van der Waals surface area contributed by atoms with Gasteiger partial charge in [-0.25, -0.2) is 9.29 Å². The maximum atomic E-state index is 13.2. The minimum atomic E-state index is -1.01. The third-order valence-electron chi connectivity index (χ3n) is 4.89. The Bertz CT molecular complexity index is 990. The summed E-state index contributed by atoms with van der Waals surface area (Å²) >= 11 is 0. The highest BCUT2D eigenvalue weighted by atomic mass is 19.1. The molecule has 0 saturated carbocycles. The Morgan fingerprint density at radius 2 is 1.76 bits per heavy atom. The number of hydrogen-bond donors (Lipinski definition) is 1. The summed E-state index contributed by atoms with van der Waals surface area (Å²) in [6.07, 6.45) is 0.895. The molecule has 0 aromatic heterocycles. The molecule has 1 N–H and O–H groups in total. The second-order valence-electron chi connectivity index (χ2n) is 6.78. The zero-order valence-corrected chi connectivity index (χ0v) is 15.6. The largest absolute Gasteiger partial charge is 0.324 e. The molecule has 0 spiro atoms. The Labute approximate surface area is 166 Å². The number of halogens is 1. The molecule has 2 atom stereocenters. The highest BCUT2D eigenvalue weighted by Crippen LogP contribution is 2.31. The first-order valence-electron chi connectivity index (χ1n) is 9.17. The van der Waals surface area contributed by atoms with E-state index in [0.29, 0.717) is 5.69 Å². The minimum Gasteiger partial charge on any atom is -0.324 e. The van der Waals surface area contributed by atoms with Crippen molar-refractivity contribution in [3.05, 3.63) is 59.9 Å². The van der Waals surface area contributed by atoms with Gasteiger partial charge in [-0.3, -0.25) is 19.4 Å². The van der Waals surface area contributed by atoms with Crippen LogP contribution in [-0.4, -0.2) is 41.4 Å². The third kappa shape index (κ3) is 3.46. The van der Waals surface area contributed by atoms with Gasteiger partial charge in [0.1, 0.15) is 12.4 Å². The van der Waals surface area contributed by atoms with Crippen molar-refractivity contribution in [3.63, 3.8) is 0 Å². The summed E-state index contributed by atoms with van der Waals surface area (Å²) in [6.45, 7) is 1.81. The van der Waals surface area contributed by atoms with Gasteiger partial charge in [0.25, 0.3) is 11.8 Å². The van der Waals surface area contributed by atoms with E-state index in [0.717, 1.165) is 16.9 Å². The first-order valence-corrected chi connectivity index (χ1v) is 9.17. The number of nitrogens with one attached hydrogen (secondary N) is 1. The van der Waals surface area contributed by atoms with Crippen molar-refractivity contribution >= 4 is 29.1 Å². The van der Waals surface area contributed by atoms with E-state index in [1.54, 1.807) is 12.1 Å². The Hall–Kier alpha value is -3.62. The van der Waals surface area contributed by atoms with Gasteiger partial charge in [-0.1, -0.05) is 24.3 Å². The molecule has 0 unspecified atom stereocenters. The van der Waals surface area contributed by atoms with Crippen molar-refractivity contribution in [2.75, 3.05) is 16.8 Å². The molecule has 2 aromatic carbocycles. The summed E-state index contributed by atoms with van der Waals surface area (Å²) < 4.78 is 13.2. The number of benzene rings is 2. The number of hydrogen-bond acceptors (Lipinski definition) is 6. The molecule has 0 bridgehead atoms. The lowest BCUT2D eigenvalue weighted by Crippen LogP contribution is -2.43. The van der Waals surface area contributed by atoms with Crippen molar-refractivity contribution in [1.82, 2.24) is 5.01 Å². The number of carbonyl (C=O) groups excluding carboxylic acids is 3. The average molecular weight is 395 g/mol. The molecule has 148 valence electrons. The monoisotopic (exact) mass is 395 g/mol. The van der Waals surface area contributed by atoms with Crippen molar-refractivity contribution in [2.45, 2.75) is 25.4 Å². The Balaban J connectivity index is 1.45. The van der Waals surface area contributed by atoms with Crippen LogP contribution in [0.15, 0.2) is 58.9 Å². The highest BCUT2D eigenvalue weighted by molar-refractivity contribution is 6.25. The van der Waals surface area contributed by atoms with Crippen LogP contribution in [0.4, 0.5) is 15.8 Å². The molecule has 1 saturated heterocycles. The smallest absolute Gasteiger partial charge is 0.263 e. The topological polar surface area (TPSA) is 94.4 Å². The van der Waals surface area contributed by atoms with Crippen LogP contribution >= 0.6 is 0 Å². The Morgan fingerprint density at radius 3 is 2.41 bits per heavy atom. The number of rotatable bonds is 5. The van der Waals surface area contributed by atoms with Gasteiger partial charge < -0.3 is 5.32 Å². The SMILES string of the molecule is CCc1ccc(NC(=O)CN2N=N[C@H]3C(=O)N(c4ccc(F)cc4)C(=O)[C@@H]32)cc1. The summed E-state index contributed by atoms with van der Waals surface area (Å²) in [7, 11) is 0. The predicted molar refractivity (Wildman–Crippen MR) is 102 cm³/mol. The quantitative estimate of drug-likeness (QED) is 0.786. The van der Waals surface area contributed by atoms with Crippen molar-refractivity contribution in [1.29, 1.82) is 0 Å². The predicted octanol–water partition coefficient (Wildman–Crippen LogP) is 2.32. The lowest BCUT2D eigenvalue weighted by molar-refractivity contribution is -0.123. The van der Waals surface area contributed by atoms with Crippen LogP contribution in [0.3, 0.4) is 0 Å². The molecular formula is C20H18FN5O3. The summed E-state index contributed by atoms with van der Waals surface area (Å²) in [5, 5.41) is 11.7. The van der Waals surface area contributed by atoms with Gasteiger partial charge in [0, 0.05) is 5.69 Å². The fourth-order valence-corrected chi connectivity index (χ4v) is 3.37. The van der Waals surface area contributed by atoms with Crippen LogP contribution in [0.25, 0.3) is 0 Å². The van der Waals surface area contributed by atoms with Crippen LogP contribution < -0.4 is 10.2 Å². The van der Waals surface area contributed by atoms with E-state index < -0.39 is 29.7 Å². The van der Waals surface area contributed by atoms with Gasteiger partial charge in [-0.05, 0) is 48.4 Å². The lowest BCUT2D eigenvalue weighted by atomic mass is 10.1. The van der Waals surface area contributed by atoms with E-state index in [-0.39, 0.29) is 18.1 Å². The van der Waals surface area contributed by atoms with Gasteiger partial charge in [0.05, 0.1) is 5.69 Å². The minimum absolute atomic E-state index is 0.226. The number of imide groups is 1. The number of amides is 3. The molecule has 2 aliphatic heterocycles. The number of aryl methyl sites for hydroxylation is 1. The van der Waals surface area contributed by atoms with Gasteiger partial charge >= 0.3 is 0 Å². The van der Waals surface area contributed by atoms with E-state index in [1.807, 2.05) is 19.1 Å². The van der Waals surface area contributed by atoms with Crippen LogP contribution in [0.5, 0.6) is 0 Å². The zero-order valence-electron chi connectivity index (χ0n) is 15.6.